The molecule has 1 saturated carbocycles. The molecular formula is C13H21N5. The summed E-state index contributed by atoms with van der Waals surface area (Å²) in [5, 5.41) is 6.72. The highest BCUT2D eigenvalue weighted by Crippen LogP contribution is 2.23. The van der Waals surface area contributed by atoms with E-state index in [4.69, 9.17) is 0 Å². The number of rotatable bonds is 4. The molecular weight excluding hydrogens is 226 g/mol. The van der Waals surface area contributed by atoms with Crippen molar-refractivity contribution in [1.29, 1.82) is 0 Å². The summed E-state index contributed by atoms with van der Waals surface area (Å²) >= 11 is 0. The minimum Gasteiger partial charge on any atom is -0.353 e. The van der Waals surface area contributed by atoms with Crippen LogP contribution in [0.25, 0.3) is 0 Å². The number of nitrogens with one attached hydrogen (secondary N) is 2. The Labute approximate surface area is 108 Å². The highest BCUT2D eigenvalue weighted by Gasteiger charge is 2.26. The number of hydrogen-bond donors (Lipinski definition) is 2. The maximum atomic E-state index is 4.60. The Morgan fingerprint density at radius 3 is 2.72 bits per heavy atom. The van der Waals surface area contributed by atoms with Crippen LogP contribution in [0.1, 0.15) is 25.7 Å². The first kappa shape index (κ1) is 11.7. The summed E-state index contributed by atoms with van der Waals surface area (Å²) in [7, 11) is 2.01. The second-order valence-corrected chi connectivity index (χ2v) is 5.25. The van der Waals surface area contributed by atoms with Crippen LogP contribution in [-0.2, 0) is 0 Å². The van der Waals surface area contributed by atoms with E-state index in [9.17, 15) is 0 Å². The Bertz CT molecular complexity index is 396. The average Bonchev–Trinajstić information content (AvgIpc) is 2.81. The molecule has 0 radical (unpaired) electrons. The Balaban J connectivity index is 1.62. The van der Waals surface area contributed by atoms with E-state index in [-0.39, 0.29) is 0 Å². The minimum atomic E-state index is 0.571. The Kier molecular flexibility index (Phi) is 3.32. The number of hydrogen-bond acceptors (Lipinski definition) is 5. The van der Waals surface area contributed by atoms with Gasteiger partial charge < -0.3 is 15.5 Å². The standard InChI is InChI=1S/C13H21N5/c1-14-11-8-18(9-11)12-6-7-15-13(17-12)16-10-4-2-3-5-10/h6-7,10-11,14H,2-5,8-9H2,1H3,(H,15,16,17). The van der Waals surface area contributed by atoms with Gasteiger partial charge in [0, 0.05) is 31.4 Å². The molecule has 5 heteroatoms. The van der Waals surface area contributed by atoms with Gasteiger partial charge in [-0.2, -0.15) is 4.98 Å². The van der Waals surface area contributed by atoms with Crippen molar-refractivity contribution in [3.05, 3.63) is 12.3 Å². The number of likely N-dealkylation sites (N-methyl/N-ethyl adjacent to an activating group) is 1. The monoisotopic (exact) mass is 247 g/mol. The molecule has 0 atom stereocenters. The molecule has 2 heterocycles. The van der Waals surface area contributed by atoms with Gasteiger partial charge in [0.15, 0.2) is 0 Å². The maximum absolute atomic E-state index is 4.60. The van der Waals surface area contributed by atoms with Crippen LogP contribution in [0, 0.1) is 0 Å². The van der Waals surface area contributed by atoms with Gasteiger partial charge in [-0.1, -0.05) is 12.8 Å². The van der Waals surface area contributed by atoms with E-state index in [0.29, 0.717) is 12.1 Å². The lowest BCUT2D eigenvalue weighted by Gasteiger charge is -2.39. The third-order valence-corrected chi connectivity index (χ3v) is 3.94. The van der Waals surface area contributed by atoms with E-state index in [0.717, 1.165) is 24.9 Å². The van der Waals surface area contributed by atoms with Gasteiger partial charge in [0.2, 0.25) is 5.95 Å². The molecule has 0 aromatic carbocycles. The molecule has 0 spiro atoms. The second kappa shape index (κ2) is 5.10. The zero-order valence-electron chi connectivity index (χ0n) is 10.9. The summed E-state index contributed by atoms with van der Waals surface area (Å²) in [5.74, 6) is 1.82. The van der Waals surface area contributed by atoms with E-state index in [1.54, 1.807) is 0 Å². The molecule has 1 aliphatic heterocycles. The summed E-state index contributed by atoms with van der Waals surface area (Å²) in [4.78, 5) is 11.2. The van der Waals surface area contributed by atoms with E-state index in [1.165, 1.54) is 25.7 Å². The van der Waals surface area contributed by atoms with Crippen LogP contribution in [0.15, 0.2) is 12.3 Å². The van der Waals surface area contributed by atoms with Crippen LogP contribution in [0.2, 0.25) is 0 Å². The summed E-state index contributed by atoms with van der Waals surface area (Å²) in [6.45, 7) is 2.08. The summed E-state index contributed by atoms with van der Waals surface area (Å²) in [6, 6.07) is 3.17. The zero-order valence-corrected chi connectivity index (χ0v) is 10.9. The Morgan fingerprint density at radius 2 is 2.00 bits per heavy atom. The van der Waals surface area contributed by atoms with Crippen molar-refractivity contribution >= 4 is 11.8 Å². The first-order valence-corrected chi connectivity index (χ1v) is 6.87. The van der Waals surface area contributed by atoms with Crippen LogP contribution >= 0.6 is 0 Å². The third-order valence-electron chi connectivity index (χ3n) is 3.94. The van der Waals surface area contributed by atoms with Crippen LogP contribution in [0.3, 0.4) is 0 Å². The molecule has 5 nitrogen and oxygen atoms in total. The van der Waals surface area contributed by atoms with Crippen molar-refractivity contribution in [3.8, 4) is 0 Å². The number of aromatic nitrogens is 2. The Morgan fingerprint density at radius 1 is 1.22 bits per heavy atom. The molecule has 1 aliphatic carbocycles. The molecule has 1 aromatic heterocycles. The number of nitrogens with zero attached hydrogens (tertiary/aromatic N) is 3. The first-order valence-electron chi connectivity index (χ1n) is 6.87. The van der Waals surface area contributed by atoms with Crippen molar-refractivity contribution in [2.45, 2.75) is 37.8 Å². The Hall–Kier alpha value is -1.36. The lowest BCUT2D eigenvalue weighted by molar-refractivity contribution is 0.447. The van der Waals surface area contributed by atoms with E-state index < -0.39 is 0 Å². The predicted molar refractivity (Wildman–Crippen MR) is 73.0 cm³/mol. The number of anilines is 2. The molecule has 18 heavy (non-hydrogen) atoms. The van der Waals surface area contributed by atoms with Crippen molar-refractivity contribution in [2.75, 3.05) is 30.4 Å². The highest BCUT2D eigenvalue weighted by molar-refractivity contribution is 5.45. The molecule has 2 fully saturated rings. The SMILES string of the molecule is CNC1CN(c2ccnc(NC3CCCC3)n2)C1. The summed E-state index contributed by atoms with van der Waals surface area (Å²) < 4.78 is 0. The average molecular weight is 247 g/mol. The fourth-order valence-corrected chi connectivity index (χ4v) is 2.70. The van der Waals surface area contributed by atoms with Gasteiger partial charge in [0.25, 0.3) is 0 Å². The van der Waals surface area contributed by atoms with Crippen molar-refractivity contribution in [3.63, 3.8) is 0 Å². The van der Waals surface area contributed by atoms with E-state index in [2.05, 4.69) is 25.5 Å². The predicted octanol–water partition coefficient (Wildman–Crippen LogP) is 1.24. The lowest BCUT2D eigenvalue weighted by Crippen LogP contribution is -2.57. The summed E-state index contributed by atoms with van der Waals surface area (Å²) in [5.41, 5.74) is 0. The van der Waals surface area contributed by atoms with E-state index in [1.807, 2.05) is 19.3 Å². The van der Waals surface area contributed by atoms with Gasteiger partial charge in [0.1, 0.15) is 5.82 Å². The minimum absolute atomic E-state index is 0.571. The van der Waals surface area contributed by atoms with Crippen LogP contribution < -0.4 is 15.5 Å². The van der Waals surface area contributed by atoms with Gasteiger partial charge in [-0.25, -0.2) is 4.98 Å². The topological polar surface area (TPSA) is 53.1 Å². The molecule has 2 aliphatic rings. The molecule has 98 valence electrons. The van der Waals surface area contributed by atoms with Gasteiger partial charge >= 0.3 is 0 Å². The molecule has 0 amide bonds. The van der Waals surface area contributed by atoms with Gasteiger partial charge in [-0.15, -0.1) is 0 Å². The smallest absolute Gasteiger partial charge is 0.224 e. The molecule has 2 N–H and O–H groups in total. The fraction of sp³-hybridized carbons (Fsp3) is 0.692. The van der Waals surface area contributed by atoms with Gasteiger partial charge in [0.05, 0.1) is 0 Å². The summed E-state index contributed by atoms with van der Waals surface area (Å²) in [6.07, 6.45) is 7.01. The quantitative estimate of drug-likeness (QED) is 0.838. The van der Waals surface area contributed by atoms with E-state index >= 15 is 0 Å². The van der Waals surface area contributed by atoms with Crippen LogP contribution in [0.4, 0.5) is 11.8 Å². The molecule has 3 rings (SSSR count). The fourth-order valence-electron chi connectivity index (χ4n) is 2.70. The van der Waals surface area contributed by atoms with Crippen molar-refractivity contribution in [1.82, 2.24) is 15.3 Å². The first-order chi connectivity index (χ1) is 8.85. The van der Waals surface area contributed by atoms with Crippen molar-refractivity contribution < 1.29 is 0 Å². The molecule has 1 saturated heterocycles. The second-order valence-electron chi connectivity index (χ2n) is 5.25. The lowest BCUT2D eigenvalue weighted by atomic mass is 10.1. The van der Waals surface area contributed by atoms with Crippen LogP contribution in [-0.4, -0.2) is 42.2 Å². The van der Waals surface area contributed by atoms with Crippen molar-refractivity contribution in [2.24, 2.45) is 0 Å². The highest BCUT2D eigenvalue weighted by atomic mass is 15.3. The van der Waals surface area contributed by atoms with Gasteiger partial charge in [-0.3, -0.25) is 0 Å². The molecule has 0 bridgehead atoms. The molecule has 1 aromatic rings. The van der Waals surface area contributed by atoms with Gasteiger partial charge in [-0.05, 0) is 26.0 Å². The largest absolute Gasteiger partial charge is 0.353 e. The molecule has 0 unspecified atom stereocenters. The van der Waals surface area contributed by atoms with Crippen LogP contribution in [0.5, 0.6) is 0 Å². The maximum Gasteiger partial charge on any atom is 0.224 e. The normalized spacial score (nSPS) is 21.1. The third kappa shape index (κ3) is 2.41. The zero-order chi connectivity index (χ0) is 12.4.